The molecule has 2 aromatic heterocycles. The van der Waals surface area contributed by atoms with E-state index in [2.05, 4.69) is 75.7 Å². The van der Waals surface area contributed by atoms with Gasteiger partial charge in [0.15, 0.2) is 17.0 Å². The van der Waals surface area contributed by atoms with Gasteiger partial charge in [-0.1, -0.05) is 62.3 Å². The minimum atomic E-state index is -2.95. The zero-order valence-corrected chi connectivity index (χ0v) is 33.3. The summed E-state index contributed by atoms with van der Waals surface area (Å²) < 4.78 is 36.0. The zero-order valence-electron chi connectivity index (χ0n) is 31.3. The number of hydrogen-bond donors (Lipinski definition) is 1. The van der Waals surface area contributed by atoms with Crippen LogP contribution >= 0.6 is 0 Å². The summed E-state index contributed by atoms with van der Waals surface area (Å²) in [5.74, 6) is 0.619. The smallest absolute Gasteiger partial charge is 0.335 e. The molecule has 12 nitrogen and oxygen atoms in total. The van der Waals surface area contributed by atoms with Crippen molar-refractivity contribution in [2.24, 2.45) is 5.92 Å². The topological polar surface area (TPSA) is 136 Å². The number of rotatable bonds is 13. The van der Waals surface area contributed by atoms with E-state index in [9.17, 15) is 9.59 Å². The first kappa shape index (κ1) is 38.2. The van der Waals surface area contributed by atoms with E-state index in [1.807, 2.05) is 11.5 Å². The van der Waals surface area contributed by atoms with Crippen LogP contribution in [0.25, 0.3) is 11.2 Å². The third kappa shape index (κ3) is 7.33. The Labute approximate surface area is 298 Å². The van der Waals surface area contributed by atoms with Gasteiger partial charge in [-0.25, -0.2) is 15.0 Å². The maximum absolute atomic E-state index is 13.2. The highest BCUT2D eigenvalue weighted by atomic mass is 28.5. The van der Waals surface area contributed by atoms with Gasteiger partial charge >= 0.3 is 17.1 Å². The maximum atomic E-state index is 13.2. The quantitative estimate of drug-likeness (QED) is 0.175. The number of nitrogens with one attached hydrogen (secondary N) is 1. The van der Waals surface area contributed by atoms with Crippen LogP contribution in [0.2, 0.25) is 22.2 Å². The lowest BCUT2D eigenvalue weighted by atomic mass is 9.92. The fourth-order valence-corrected chi connectivity index (χ4v) is 18.8. The summed E-state index contributed by atoms with van der Waals surface area (Å²) in [6, 6.07) is 6.84. The second-order valence-corrected chi connectivity index (χ2v) is 23.7. The number of anilines is 1. The largest absolute Gasteiger partial charge is 0.497 e. The van der Waals surface area contributed by atoms with E-state index in [0.29, 0.717) is 48.3 Å². The van der Waals surface area contributed by atoms with Crippen LogP contribution in [-0.2, 0) is 22.5 Å². The molecule has 0 radical (unpaired) electrons. The highest BCUT2D eigenvalue weighted by molar-refractivity contribution is 6.84. The fraction of sp³-hybridized carbons (Fsp3) is 0.639. The molecule has 0 saturated carbocycles. The minimum Gasteiger partial charge on any atom is -0.497 e. The zero-order chi connectivity index (χ0) is 36.4. The molecule has 4 heterocycles. The number of carbonyl (C=O) groups excluding carboxylic acids is 2. The summed E-state index contributed by atoms with van der Waals surface area (Å²) in [6.07, 6.45) is 4.09. The Hall–Kier alpha value is -3.02. The summed E-state index contributed by atoms with van der Waals surface area (Å²) >= 11 is 0. The van der Waals surface area contributed by atoms with Crippen molar-refractivity contribution in [1.82, 2.24) is 19.5 Å². The SMILES string of the molecule is CCCC(=O)CC[C@H]1[C@@H]2O[Si](C(C)C)(C(C)C)O[Si](C(C)C)(C(C)C)OC[C@H]2O[C@H]1n1cnc2c(NC(=O)c3ccc(OC)cc3)ncnc21. The van der Waals surface area contributed by atoms with E-state index in [0.717, 1.165) is 6.42 Å². The van der Waals surface area contributed by atoms with E-state index >= 15 is 0 Å². The van der Waals surface area contributed by atoms with Gasteiger partial charge in [-0.15, -0.1) is 0 Å². The van der Waals surface area contributed by atoms with Crippen molar-refractivity contribution in [1.29, 1.82) is 0 Å². The second kappa shape index (κ2) is 15.7. The monoisotopic (exact) mass is 725 g/mol. The van der Waals surface area contributed by atoms with E-state index in [4.69, 9.17) is 22.4 Å². The predicted molar refractivity (Wildman–Crippen MR) is 197 cm³/mol. The number of ether oxygens (including phenoxy) is 2. The third-order valence-corrected chi connectivity index (χ3v) is 20.6. The molecule has 0 unspecified atom stereocenters. The van der Waals surface area contributed by atoms with Crippen molar-refractivity contribution in [2.75, 3.05) is 19.0 Å². The molecule has 2 aliphatic rings. The molecule has 50 heavy (non-hydrogen) atoms. The Bertz CT molecular complexity index is 1610. The summed E-state index contributed by atoms with van der Waals surface area (Å²) in [6.45, 7) is 20.0. The summed E-state index contributed by atoms with van der Waals surface area (Å²) in [4.78, 5) is 39.8. The predicted octanol–water partition coefficient (Wildman–Crippen LogP) is 7.71. The van der Waals surface area contributed by atoms with Gasteiger partial charge < -0.3 is 27.8 Å². The van der Waals surface area contributed by atoms with E-state index < -0.39 is 29.5 Å². The number of imidazole rings is 1. The van der Waals surface area contributed by atoms with Crippen molar-refractivity contribution in [3.63, 3.8) is 0 Å². The number of fused-ring (bicyclic) bond motifs is 2. The van der Waals surface area contributed by atoms with Gasteiger partial charge in [0.2, 0.25) is 0 Å². The number of carbonyl (C=O) groups is 2. The number of nitrogens with zero attached hydrogens (tertiary/aromatic N) is 4. The summed E-state index contributed by atoms with van der Waals surface area (Å²) in [5, 5.41) is 2.90. The third-order valence-electron chi connectivity index (χ3n) is 10.3. The van der Waals surface area contributed by atoms with Crippen molar-refractivity contribution in [3.05, 3.63) is 42.5 Å². The van der Waals surface area contributed by atoms with Crippen LogP contribution in [0.3, 0.4) is 0 Å². The van der Waals surface area contributed by atoms with Gasteiger partial charge in [-0.3, -0.25) is 14.2 Å². The molecule has 2 fully saturated rings. The van der Waals surface area contributed by atoms with Crippen LogP contribution < -0.4 is 10.1 Å². The molecule has 0 spiro atoms. The molecule has 274 valence electrons. The van der Waals surface area contributed by atoms with Crippen molar-refractivity contribution < 1.29 is 32.0 Å². The number of hydrogen-bond acceptors (Lipinski definition) is 10. The second-order valence-electron chi connectivity index (χ2n) is 14.8. The Morgan fingerprint density at radius 3 is 2.20 bits per heavy atom. The van der Waals surface area contributed by atoms with Crippen LogP contribution in [-0.4, -0.2) is 74.3 Å². The molecule has 2 aliphatic heterocycles. The van der Waals surface area contributed by atoms with Crippen LogP contribution in [0.1, 0.15) is 105 Å². The molecular formula is C36H55N5O7Si2. The number of Topliss-reactive ketones (excluding diaryl/α,β-unsaturated/α-hetero) is 1. The van der Waals surface area contributed by atoms with E-state index in [1.165, 1.54) is 6.33 Å². The Morgan fingerprint density at radius 2 is 1.60 bits per heavy atom. The number of benzene rings is 1. The molecule has 2 saturated heterocycles. The first-order valence-corrected chi connectivity index (χ1v) is 22.0. The molecule has 1 aromatic carbocycles. The Kier molecular flexibility index (Phi) is 12.0. The Balaban J connectivity index is 1.55. The first-order valence-electron chi connectivity index (χ1n) is 18.1. The lowest BCUT2D eigenvalue weighted by Crippen LogP contribution is -2.65. The van der Waals surface area contributed by atoms with E-state index in [-0.39, 0.29) is 51.7 Å². The average molecular weight is 726 g/mol. The summed E-state index contributed by atoms with van der Waals surface area (Å²) in [7, 11) is -4.15. The summed E-state index contributed by atoms with van der Waals surface area (Å²) in [5.41, 5.74) is 2.09. The van der Waals surface area contributed by atoms with Gasteiger partial charge in [0.25, 0.3) is 5.91 Å². The molecule has 1 amide bonds. The van der Waals surface area contributed by atoms with Gasteiger partial charge in [-0.05, 0) is 59.3 Å². The van der Waals surface area contributed by atoms with Crippen molar-refractivity contribution in [3.8, 4) is 5.75 Å². The van der Waals surface area contributed by atoms with Crippen LogP contribution in [0.4, 0.5) is 5.82 Å². The standard InChI is InChI=1S/C36H55N5O7Si2/c1-11-12-27(42)15-18-29-32-30(19-45-49(22(2)3,23(4)5)48-50(47-32,24(6)7)25(8)9)46-36(29)41-21-39-31-33(37-20-38-34(31)41)40-35(43)26-13-16-28(44-10)17-14-26/h13-14,16-17,20-25,29-30,32,36H,11-12,15,18-19H2,1-10H3,(H,37,38,40,43)/t29-,30+,32-,36+/m0/s1. The highest BCUT2D eigenvalue weighted by Crippen LogP contribution is 2.50. The molecule has 5 rings (SSSR count). The highest BCUT2D eigenvalue weighted by Gasteiger charge is 2.61. The maximum Gasteiger partial charge on any atom is 0.335 e. The fourth-order valence-electron chi connectivity index (χ4n) is 7.59. The van der Waals surface area contributed by atoms with Crippen LogP contribution in [0.5, 0.6) is 5.75 Å². The molecule has 1 N–H and O–H groups in total. The lowest BCUT2D eigenvalue weighted by molar-refractivity contribution is -0.119. The molecule has 4 atom stereocenters. The van der Waals surface area contributed by atoms with E-state index in [1.54, 1.807) is 37.7 Å². The normalized spacial score (nSPS) is 23.3. The molecule has 0 bridgehead atoms. The van der Waals surface area contributed by atoms with Gasteiger partial charge in [-0.2, -0.15) is 0 Å². The average Bonchev–Trinajstić information content (AvgIpc) is 3.64. The van der Waals surface area contributed by atoms with Gasteiger partial charge in [0.05, 0.1) is 26.1 Å². The van der Waals surface area contributed by atoms with Crippen LogP contribution in [0, 0.1) is 5.92 Å². The number of ketones is 1. The Morgan fingerprint density at radius 1 is 0.940 bits per heavy atom. The number of aromatic nitrogens is 4. The molecule has 0 aliphatic carbocycles. The molecular weight excluding hydrogens is 671 g/mol. The van der Waals surface area contributed by atoms with Gasteiger partial charge in [0.1, 0.15) is 30.2 Å². The van der Waals surface area contributed by atoms with Crippen molar-refractivity contribution >= 4 is 45.8 Å². The minimum absolute atomic E-state index is 0.148. The first-order chi connectivity index (χ1) is 23.8. The number of methoxy groups -OCH3 is 1. The van der Waals surface area contributed by atoms with Crippen LogP contribution in [0.15, 0.2) is 36.9 Å². The van der Waals surface area contributed by atoms with Crippen molar-refractivity contribution in [2.45, 2.75) is 129 Å². The molecule has 14 heteroatoms. The lowest BCUT2D eigenvalue weighted by Gasteiger charge is -2.51. The van der Waals surface area contributed by atoms with Gasteiger partial charge in [0, 0.05) is 24.3 Å². The number of amides is 1. The molecule has 3 aromatic rings.